The van der Waals surface area contributed by atoms with Crippen LogP contribution < -0.4 is 0 Å². The second kappa shape index (κ2) is 10.8. The average Bonchev–Trinajstić information content (AvgIpc) is 3.81. The molecule has 0 saturated heterocycles. The molecule has 2 saturated carbocycles. The molecule has 0 bridgehead atoms. The summed E-state index contributed by atoms with van der Waals surface area (Å²) >= 11 is 5.98. The van der Waals surface area contributed by atoms with Crippen LogP contribution >= 0.6 is 11.6 Å². The second-order valence-corrected chi connectivity index (χ2v) is 10.6. The van der Waals surface area contributed by atoms with E-state index in [1.54, 1.807) is 0 Å². The van der Waals surface area contributed by atoms with Crippen molar-refractivity contribution in [2.45, 2.75) is 45.6 Å². The summed E-state index contributed by atoms with van der Waals surface area (Å²) in [6.45, 7) is 7.13. The van der Waals surface area contributed by atoms with Gasteiger partial charge in [0, 0.05) is 41.5 Å². The van der Waals surface area contributed by atoms with Crippen LogP contribution in [0.25, 0.3) is 16.7 Å². The summed E-state index contributed by atoms with van der Waals surface area (Å²) in [6, 6.07) is 20.9. The smallest absolute Gasteiger partial charge is 0.113 e. The lowest BCUT2D eigenvalue weighted by Crippen LogP contribution is -2.35. The first-order valence-corrected chi connectivity index (χ1v) is 13.2. The number of hydrogen-bond acceptors (Lipinski definition) is 2. The van der Waals surface area contributed by atoms with Gasteiger partial charge in [-0.3, -0.25) is 4.90 Å². The largest absolute Gasteiger partial charge is 0.297 e. The minimum atomic E-state index is 0.484. The Balaban J connectivity index is 1.22. The molecule has 1 atom stereocenters. The predicted octanol–water partition coefficient (Wildman–Crippen LogP) is 7.72. The van der Waals surface area contributed by atoms with Crippen LogP contribution in [0.2, 0.25) is 5.02 Å². The van der Waals surface area contributed by atoms with E-state index in [2.05, 4.69) is 72.0 Å². The number of hydrogen-bond donors (Lipinski definition) is 0. The summed E-state index contributed by atoms with van der Waals surface area (Å²) in [5, 5.41) is 0.736. The Morgan fingerprint density at radius 2 is 1.54 bits per heavy atom. The van der Waals surface area contributed by atoms with Crippen LogP contribution in [-0.4, -0.2) is 29.0 Å². The van der Waals surface area contributed by atoms with Gasteiger partial charge in [0.15, 0.2) is 0 Å². The number of nitrogens with zero attached hydrogens (tertiary/aromatic N) is 2. The molecule has 5 rings (SSSR count). The number of allylic oxidation sites excluding steroid dienone is 1. The van der Waals surface area contributed by atoms with E-state index in [9.17, 15) is 0 Å². The Morgan fingerprint density at radius 3 is 2.11 bits per heavy atom. The average molecular weight is 481 g/mol. The number of aromatic nitrogens is 1. The van der Waals surface area contributed by atoms with Crippen molar-refractivity contribution in [1.29, 1.82) is 0 Å². The molecule has 1 aromatic heterocycles. The highest BCUT2D eigenvalue weighted by Crippen LogP contribution is 2.35. The Bertz CT molecular complexity index is 1210. The Morgan fingerprint density at radius 1 is 0.914 bits per heavy atom. The molecule has 0 unspecified atom stereocenters. The fourth-order valence-corrected chi connectivity index (χ4v) is 4.59. The molecule has 0 aliphatic heterocycles. The summed E-state index contributed by atoms with van der Waals surface area (Å²) < 4.78 is 0. The molecule has 0 radical (unpaired) electrons. The number of halogens is 1. The fourth-order valence-electron chi connectivity index (χ4n) is 4.47. The van der Waals surface area contributed by atoms with Gasteiger partial charge in [-0.1, -0.05) is 53.9 Å². The summed E-state index contributed by atoms with van der Waals surface area (Å²) in [5.74, 6) is 8.31. The third kappa shape index (κ3) is 6.85. The highest BCUT2D eigenvalue weighted by Gasteiger charge is 2.30. The quantitative estimate of drug-likeness (QED) is 0.307. The monoisotopic (exact) mass is 480 g/mol. The Hall–Kier alpha value is -2.86. The van der Waals surface area contributed by atoms with Gasteiger partial charge in [0.25, 0.3) is 0 Å². The fraction of sp³-hybridized carbons (Fsp3) is 0.344. The highest BCUT2D eigenvalue weighted by atomic mass is 35.5. The van der Waals surface area contributed by atoms with E-state index in [4.69, 9.17) is 11.6 Å². The van der Waals surface area contributed by atoms with Crippen molar-refractivity contribution in [2.75, 3.05) is 13.1 Å². The van der Waals surface area contributed by atoms with Crippen molar-refractivity contribution < 1.29 is 0 Å². The lowest BCUT2D eigenvalue weighted by molar-refractivity contribution is 0.222. The van der Waals surface area contributed by atoms with Gasteiger partial charge in [-0.05, 0) is 104 Å². The van der Waals surface area contributed by atoms with Gasteiger partial charge in [-0.15, -0.1) is 0 Å². The van der Waals surface area contributed by atoms with E-state index in [0.29, 0.717) is 6.04 Å². The lowest BCUT2D eigenvalue weighted by atomic mass is 10.0. The van der Waals surface area contributed by atoms with Gasteiger partial charge in [-0.2, -0.15) is 0 Å². The van der Waals surface area contributed by atoms with Gasteiger partial charge in [-0.25, -0.2) is 4.98 Å². The van der Waals surface area contributed by atoms with Gasteiger partial charge in [0.1, 0.15) is 5.69 Å². The van der Waals surface area contributed by atoms with Gasteiger partial charge in [0.05, 0.1) is 0 Å². The molecule has 35 heavy (non-hydrogen) atoms. The van der Waals surface area contributed by atoms with E-state index in [-0.39, 0.29) is 0 Å². The van der Waals surface area contributed by atoms with Crippen molar-refractivity contribution >= 4 is 17.2 Å². The minimum absolute atomic E-state index is 0.484. The minimum Gasteiger partial charge on any atom is -0.297 e. The molecule has 0 amide bonds. The normalized spacial score (nSPS) is 16.6. The number of rotatable bonds is 8. The molecule has 0 spiro atoms. The molecule has 0 N–H and O–H groups in total. The summed E-state index contributed by atoms with van der Waals surface area (Å²) in [7, 11) is 0. The lowest BCUT2D eigenvalue weighted by Gasteiger charge is -2.27. The molecule has 2 nitrogen and oxygen atoms in total. The molecule has 178 valence electrons. The highest BCUT2D eigenvalue weighted by molar-refractivity contribution is 6.30. The first-order chi connectivity index (χ1) is 17.0. The van der Waals surface area contributed by atoms with Crippen LogP contribution in [0.3, 0.4) is 0 Å². The Labute approximate surface area is 215 Å². The third-order valence-electron chi connectivity index (χ3n) is 7.06. The maximum Gasteiger partial charge on any atom is 0.113 e. The predicted molar refractivity (Wildman–Crippen MR) is 147 cm³/mol. The molecule has 2 fully saturated rings. The zero-order valence-corrected chi connectivity index (χ0v) is 21.4. The summed E-state index contributed by atoms with van der Waals surface area (Å²) in [4.78, 5) is 7.23. The van der Waals surface area contributed by atoms with E-state index in [1.165, 1.54) is 49.9 Å². The Kier molecular flexibility index (Phi) is 7.37. The molecular weight excluding hydrogens is 448 g/mol. The standard InChI is InChI=1S/C32H33ClN2/c1-23(19-24(2)35(21-26-3-4-26)22-27-5-6-27)28-10-7-25(8-11-28)9-17-32-18-14-30(20-34-32)29-12-15-31(33)16-13-29/h7-8,10-16,18-20,24,26-27H,3-6,21-22H2,1-2H3/b23-19-/t24-/m1/s1. The van der Waals surface area contributed by atoms with Gasteiger partial charge in [0.2, 0.25) is 0 Å². The first-order valence-electron chi connectivity index (χ1n) is 12.8. The van der Waals surface area contributed by atoms with Crippen molar-refractivity contribution in [3.05, 3.63) is 94.8 Å². The topological polar surface area (TPSA) is 16.1 Å². The molecular formula is C32H33ClN2. The van der Waals surface area contributed by atoms with Crippen LogP contribution in [0, 0.1) is 23.7 Å². The molecule has 2 aliphatic rings. The van der Waals surface area contributed by atoms with Crippen molar-refractivity contribution in [3.8, 4) is 23.0 Å². The van der Waals surface area contributed by atoms with E-state index in [1.807, 2.05) is 36.5 Å². The molecule has 3 heteroatoms. The summed E-state index contributed by atoms with van der Waals surface area (Å²) in [6.07, 6.45) is 9.98. The zero-order valence-electron chi connectivity index (χ0n) is 20.7. The third-order valence-corrected chi connectivity index (χ3v) is 7.31. The van der Waals surface area contributed by atoms with E-state index in [0.717, 1.165) is 39.2 Å². The number of pyridine rings is 1. The zero-order chi connectivity index (χ0) is 24.2. The van der Waals surface area contributed by atoms with Crippen molar-refractivity contribution in [2.24, 2.45) is 11.8 Å². The van der Waals surface area contributed by atoms with Crippen LogP contribution in [0.1, 0.15) is 56.4 Å². The van der Waals surface area contributed by atoms with Crippen molar-refractivity contribution in [3.63, 3.8) is 0 Å². The SMILES string of the molecule is C/C(=C/[C@@H](C)N(CC1CC1)CC1CC1)c1ccc(C#Cc2ccc(-c3ccc(Cl)cc3)cn2)cc1. The number of benzene rings is 2. The molecule has 1 heterocycles. The van der Waals surface area contributed by atoms with Gasteiger partial charge < -0.3 is 0 Å². The molecule has 2 aromatic carbocycles. The van der Waals surface area contributed by atoms with Crippen LogP contribution in [0.4, 0.5) is 0 Å². The van der Waals surface area contributed by atoms with Crippen LogP contribution in [0.15, 0.2) is 72.9 Å². The van der Waals surface area contributed by atoms with E-state index < -0.39 is 0 Å². The maximum atomic E-state index is 5.98. The maximum absolute atomic E-state index is 5.98. The van der Waals surface area contributed by atoms with Gasteiger partial charge >= 0.3 is 0 Å². The van der Waals surface area contributed by atoms with Crippen LogP contribution in [-0.2, 0) is 0 Å². The molecule has 3 aromatic rings. The van der Waals surface area contributed by atoms with E-state index >= 15 is 0 Å². The van der Waals surface area contributed by atoms with Crippen molar-refractivity contribution in [1.82, 2.24) is 9.88 Å². The summed E-state index contributed by atoms with van der Waals surface area (Å²) in [5.41, 5.74) is 6.53. The first kappa shape index (κ1) is 23.9. The van der Waals surface area contributed by atoms with Crippen LogP contribution in [0.5, 0.6) is 0 Å². The molecule has 2 aliphatic carbocycles. The second-order valence-electron chi connectivity index (χ2n) is 10.2.